The van der Waals surface area contributed by atoms with E-state index in [4.69, 9.17) is 11.6 Å². The molecular formula is C23H22ClF3N2O5S. The lowest BCUT2D eigenvalue weighted by Gasteiger charge is -2.32. The topological polar surface area (TPSA) is 113 Å². The van der Waals surface area contributed by atoms with Gasteiger partial charge in [0.15, 0.2) is 27.3 Å². The molecule has 0 aromatic heterocycles. The number of anilines is 1. The zero-order chi connectivity index (χ0) is 25.7. The molecule has 12 heteroatoms. The SMILES string of the molecule is CC(=O)NC[C@]1(O)CC2CCC1[C@@H]2S(=O)(=O)c1cc(C(=O)Nc2cc(F)c(F)c(F)c2)ccc1Cl. The van der Waals surface area contributed by atoms with Gasteiger partial charge in [0.1, 0.15) is 0 Å². The average molecular weight is 531 g/mol. The van der Waals surface area contributed by atoms with Crippen molar-refractivity contribution < 1.29 is 36.3 Å². The number of rotatable bonds is 6. The molecular weight excluding hydrogens is 509 g/mol. The van der Waals surface area contributed by atoms with E-state index in [1.54, 1.807) is 0 Å². The number of hydrogen-bond donors (Lipinski definition) is 3. The molecule has 4 atom stereocenters. The first-order valence-electron chi connectivity index (χ1n) is 10.8. The van der Waals surface area contributed by atoms with Gasteiger partial charge in [-0.05, 0) is 43.4 Å². The molecule has 2 amide bonds. The van der Waals surface area contributed by atoms with Crippen molar-refractivity contribution in [3.8, 4) is 0 Å². The second-order valence-corrected chi connectivity index (χ2v) is 11.5. The molecule has 2 aliphatic rings. The number of hydrogen-bond acceptors (Lipinski definition) is 5. The predicted octanol–water partition coefficient (Wildman–Crippen LogP) is 3.45. The third kappa shape index (κ3) is 4.64. The van der Waals surface area contributed by atoms with Crippen molar-refractivity contribution >= 4 is 38.9 Å². The molecule has 2 aliphatic carbocycles. The molecule has 7 nitrogen and oxygen atoms in total. The molecule has 4 rings (SSSR count). The maximum Gasteiger partial charge on any atom is 0.255 e. The molecule has 188 valence electrons. The standard InChI is InChI=1S/C23H22ClF3N2O5S/c1-11(30)28-10-23(32)9-13-2-4-15(23)21(13)35(33,34)19-6-12(3-5-16(19)24)22(31)29-14-7-17(25)20(27)18(26)8-14/h3,5-8,13,15,21,32H,2,4,9-10H2,1H3,(H,28,30)(H,29,31)/t13?,15?,21-,23-/m1/s1. The highest BCUT2D eigenvalue weighted by Crippen LogP contribution is 2.55. The lowest BCUT2D eigenvalue weighted by atomic mass is 9.84. The first kappa shape index (κ1) is 25.5. The van der Waals surface area contributed by atoms with Gasteiger partial charge < -0.3 is 15.7 Å². The minimum Gasteiger partial charge on any atom is -0.388 e. The summed E-state index contributed by atoms with van der Waals surface area (Å²) in [5.41, 5.74) is -1.90. The van der Waals surface area contributed by atoms with E-state index < -0.39 is 50.0 Å². The van der Waals surface area contributed by atoms with Gasteiger partial charge in [-0.1, -0.05) is 11.6 Å². The highest BCUT2D eigenvalue weighted by atomic mass is 35.5. The zero-order valence-electron chi connectivity index (χ0n) is 18.4. The summed E-state index contributed by atoms with van der Waals surface area (Å²) in [7, 11) is -4.12. The van der Waals surface area contributed by atoms with Crippen LogP contribution in [0.1, 0.15) is 36.5 Å². The van der Waals surface area contributed by atoms with Gasteiger partial charge in [0.2, 0.25) is 5.91 Å². The van der Waals surface area contributed by atoms with Crippen molar-refractivity contribution in [3.63, 3.8) is 0 Å². The molecule has 0 saturated heterocycles. The van der Waals surface area contributed by atoms with Crippen LogP contribution in [-0.2, 0) is 14.6 Å². The number of benzene rings is 2. The van der Waals surface area contributed by atoms with Crippen LogP contribution < -0.4 is 10.6 Å². The highest BCUT2D eigenvalue weighted by Gasteiger charge is 2.61. The van der Waals surface area contributed by atoms with Crippen LogP contribution >= 0.6 is 11.6 Å². The molecule has 2 aromatic carbocycles. The number of carbonyl (C=O) groups excluding carboxylic acids is 2. The molecule has 35 heavy (non-hydrogen) atoms. The number of carbonyl (C=O) groups is 2. The van der Waals surface area contributed by atoms with Crippen LogP contribution in [0.4, 0.5) is 18.9 Å². The first-order chi connectivity index (χ1) is 16.3. The van der Waals surface area contributed by atoms with Gasteiger partial charge in [0.25, 0.3) is 5.91 Å². The van der Waals surface area contributed by atoms with Crippen LogP contribution in [0.3, 0.4) is 0 Å². The van der Waals surface area contributed by atoms with Gasteiger partial charge in [-0.2, -0.15) is 0 Å². The molecule has 2 aromatic rings. The molecule has 2 bridgehead atoms. The predicted molar refractivity (Wildman–Crippen MR) is 121 cm³/mol. The summed E-state index contributed by atoms with van der Waals surface area (Å²) in [4.78, 5) is 23.7. The summed E-state index contributed by atoms with van der Waals surface area (Å²) in [5.74, 6) is -6.91. The Bertz CT molecular complexity index is 1300. The average Bonchev–Trinajstić information content (AvgIpc) is 3.33. The fourth-order valence-electron chi connectivity index (χ4n) is 5.24. The van der Waals surface area contributed by atoms with Crippen molar-refractivity contribution in [3.05, 3.63) is 58.4 Å². The molecule has 0 heterocycles. The molecule has 2 fully saturated rings. The second kappa shape index (κ2) is 9.11. The largest absolute Gasteiger partial charge is 0.388 e. The van der Waals surface area contributed by atoms with E-state index >= 15 is 0 Å². The lowest BCUT2D eigenvalue weighted by Crippen LogP contribution is -2.47. The Balaban J connectivity index is 1.62. The van der Waals surface area contributed by atoms with E-state index in [0.717, 1.165) is 6.07 Å². The van der Waals surface area contributed by atoms with E-state index in [2.05, 4.69) is 10.6 Å². The van der Waals surface area contributed by atoms with Crippen molar-refractivity contribution in [1.29, 1.82) is 0 Å². The van der Waals surface area contributed by atoms with E-state index in [1.165, 1.54) is 19.1 Å². The lowest BCUT2D eigenvalue weighted by molar-refractivity contribution is -0.120. The van der Waals surface area contributed by atoms with Gasteiger partial charge in [0.05, 0.1) is 20.8 Å². The fraction of sp³-hybridized carbons (Fsp3) is 0.391. The molecule has 2 saturated carbocycles. The van der Waals surface area contributed by atoms with Crippen LogP contribution in [0.15, 0.2) is 35.2 Å². The van der Waals surface area contributed by atoms with Crippen LogP contribution in [0.5, 0.6) is 0 Å². The summed E-state index contributed by atoms with van der Waals surface area (Å²) < 4.78 is 67.4. The van der Waals surface area contributed by atoms with Crippen LogP contribution in [0.25, 0.3) is 0 Å². The Kier molecular flexibility index (Phi) is 6.62. The number of amides is 2. The van der Waals surface area contributed by atoms with Crippen LogP contribution in [-0.4, -0.2) is 42.7 Å². The normalized spacial score (nSPS) is 25.5. The molecule has 0 aliphatic heterocycles. The number of nitrogens with one attached hydrogen (secondary N) is 2. The number of sulfone groups is 1. The monoisotopic (exact) mass is 530 g/mol. The Morgan fingerprint density at radius 3 is 2.43 bits per heavy atom. The fourth-order valence-corrected chi connectivity index (χ4v) is 8.16. The van der Waals surface area contributed by atoms with E-state index in [9.17, 15) is 36.3 Å². The van der Waals surface area contributed by atoms with Crippen molar-refractivity contribution in [2.45, 2.75) is 41.9 Å². The Morgan fingerprint density at radius 1 is 1.14 bits per heavy atom. The molecule has 0 radical (unpaired) electrons. The molecule has 3 N–H and O–H groups in total. The maximum absolute atomic E-state index is 13.6. The van der Waals surface area contributed by atoms with Crippen molar-refractivity contribution in [2.24, 2.45) is 11.8 Å². The third-order valence-electron chi connectivity index (χ3n) is 6.76. The number of halogens is 4. The van der Waals surface area contributed by atoms with Gasteiger partial charge in [-0.15, -0.1) is 0 Å². The van der Waals surface area contributed by atoms with Crippen molar-refractivity contribution in [1.82, 2.24) is 5.32 Å². The second-order valence-electron chi connectivity index (χ2n) is 9.02. The summed E-state index contributed by atoms with van der Waals surface area (Å²) in [5, 5.41) is 14.8. The summed E-state index contributed by atoms with van der Waals surface area (Å²) in [6, 6.07) is 4.71. The minimum absolute atomic E-state index is 0.0729. The quantitative estimate of drug-likeness (QED) is 0.495. The minimum atomic E-state index is -4.12. The van der Waals surface area contributed by atoms with E-state index in [1.807, 2.05) is 0 Å². The smallest absolute Gasteiger partial charge is 0.255 e. The maximum atomic E-state index is 13.6. The number of fused-ring (bicyclic) bond motifs is 2. The Labute approximate surface area is 204 Å². The zero-order valence-corrected chi connectivity index (χ0v) is 20.0. The van der Waals surface area contributed by atoms with Gasteiger partial charge in [-0.3, -0.25) is 9.59 Å². The van der Waals surface area contributed by atoms with Crippen LogP contribution in [0, 0.1) is 29.3 Å². The molecule has 0 spiro atoms. The number of aliphatic hydroxyl groups is 1. The van der Waals surface area contributed by atoms with E-state index in [0.29, 0.717) is 25.0 Å². The third-order valence-corrected chi connectivity index (χ3v) is 9.58. The summed E-state index contributed by atoms with van der Waals surface area (Å²) in [6.07, 6.45) is 1.22. The molecule has 2 unspecified atom stereocenters. The van der Waals surface area contributed by atoms with Gasteiger partial charge in [-0.25, -0.2) is 21.6 Å². The van der Waals surface area contributed by atoms with Gasteiger partial charge >= 0.3 is 0 Å². The summed E-state index contributed by atoms with van der Waals surface area (Å²) >= 11 is 6.20. The first-order valence-corrected chi connectivity index (χ1v) is 12.7. The van der Waals surface area contributed by atoms with Gasteiger partial charge in [0, 0.05) is 42.8 Å². The van der Waals surface area contributed by atoms with Crippen LogP contribution in [0.2, 0.25) is 5.02 Å². The highest BCUT2D eigenvalue weighted by molar-refractivity contribution is 7.92. The Morgan fingerprint density at radius 2 is 1.80 bits per heavy atom. The van der Waals surface area contributed by atoms with Crippen molar-refractivity contribution in [2.75, 3.05) is 11.9 Å². The Hall–Kier alpha value is -2.63. The van der Waals surface area contributed by atoms with E-state index in [-0.39, 0.29) is 46.0 Å². The summed E-state index contributed by atoms with van der Waals surface area (Å²) in [6.45, 7) is 1.23.